The molecular formula is C14H10Cl2N4OS2. The van der Waals surface area contributed by atoms with Gasteiger partial charge in [0.15, 0.2) is 5.17 Å². The molecule has 1 fully saturated rings. The third-order valence-corrected chi connectivity index (χ3v) is 5.44. The van der Waals surface area contributed by atoms with Crippen molar-refractivity contribution in [1.82, 2.24) is 15.1 Å². The van der Waals surface area contributed by atoms with Crippen molar-refractivity contribution in [3.63, 3.8) is 0 Å². The molecule has 1 aliphatic rings. The Balaban J connectivity index is 1.95. The predicted octanol–water partition coefficient (Wildman–Crippen LogP) is 4.39. The van der Waals surface area contributed by atoms with Crippen molar-refractivity contribution in [2.45, 2.75) is 6.92 Å². The zero-order valence-corrected chi connectivity index (χ0v) is 15.2. The van der Waals surface area contributed by atoms with Gasteiger partial charge >= 0.3 is 0 Å². The van der Waals surface area contributed by atoms with Gasteiger partial charge in [-0.3, -0.25) is 9.69 Å². The van der Waals surface area contributed by atoms with E-state index >= 15 is 0 Å². The average Bonchev–Trinajstić information content (AvgIpc) is 3.02. The van der Waals surface area contributed by atoms with Gasteiger partial charge < -0.3 is 0 Å². The first-order valence-electron chi connectivity index (χ1n) is 6.46. The molecule has 0 N–H and O–H groups in total. The maximum Gasteiger partial charge on any atom is 0.266 e. The molecule has 3 rings (SSSR count). The molecule has 0 atom stereocenters. The summed E-state index contributed by atoms with van der Waals surface area (Å²) in [6.07, 6.45) is 1.68. The van der Waals surface area contributed by atoms with Crippen LogP contribution in [0.5, 0.6) is 0 Å². The summed E-state index contributed by atoms with van der Waals surface area (Å²) in [4.78, 5) is 18.7. The maximum atomic E-state index is 12.4. The van der Waals surface area contributed by atoms with Crippen LogP contribution in [-0.4, -0.2) is 33.2 Å². The van der Waals surface area contributed by atoms with Crippen LogP contribution in [0.15, 0.2) is 28.1 Å². The van der Waals surface area contributed by atoms with Gasteiger partial charge in [-0.2, -0.15) is 4.99 Å². The van der Waals surface area contributed by atoms with Gasteiger partial charge in [0.2, 0.25) is 5.13 Å². The first kappa shape index (κ1) is 16.4. The second-order valence-corrected chi connectivity index (χ2v) is 7.59. The average molecular weight is 385 g/mol. The number of aliphatic imine (C=N–C) groups is 1. The molecule has 1 aromatic carbocycles. The number of likely N-dealkylation sites (N-methyl/N-ethyl adjacent to an activating group) is 1. The number of hydrogen-bond acceptors (Lipinski definition) is 6. The minimum absolute atomic E-state index is 0.161. The molecule has 1 saturated heterocycles. The van der Waals surface area contributed by atoms with Gasteiger partial charge in [0.05, 0.1) is 4.91 Å². The summed E-state index contributed by atoms with van der Waals surface area (Å²) in [6, 6.07) is 5.21. The number of rotatable bonds is 2. The Morgan fingerprint density at radius 2 is 1.96 bits per heavy atom. The van der Waals surface area contributed by atoms with Crippen LogP contribution in [0.2, 0.25) is 10.0 Å². The lowest BCUT2D eigenvalue weighted by Gasteiger charge is -2.05. The van der Waals surface area contributed by atoms with Crippen LogP contribution in [-0.2, 0) is 4.79 Å². The van der Waals surface area contributed by atoms with Crippen LogP contribution in [0.4, 0.5) is 5.13 Å². The summed E-state index contributed by atoms with van der Waals surface area (Å²) >= 11 is 14.9. The number of carbonyl (C=O) groups is 1. The van der Waals surface area contributed by atoms with E-state index in [2.05, 4.69) is 15.2 Å². The number of amides is 1. The normalized spacial score (nSPS) is 18.4. The highest BCUT2D eigenvalue weighted by Crippen LogP contribution is 2.36. The Morgan fingerprint density at radius 1 is 1.26 bits per heavy atom. The number of benzene rings is 1. The second-order valence-electron chi connectivity index (χ2n) is 4.61. The SMILES string of the molecule is Cc1nnc(/N=C2/S/C(=C\c3c(Cl)cccc3Cl)C(=O)N2C)s1. The Bertz CT molecular complexity index is 827. The predicted molar refractivity (Wildman–Crippen MR) is 96.5 cm³/mol. The Hall–Kier alpha value is -1.41. The molecule has 1 aliphatic heterocycles. The van der Waals surface area contributed by atoms with Crippen LogP contribution < -0.4 is 0 Å². The van der Waals surface area contributed by atoms with E-state index in [0.29, 0.717) is 30.8 Å². The van der Waals surface area contributed by atoms with E-state index in [-0.39, 0.29) is 5.91 Å². The van der Waals surface area contributed by atoms with Crippen LogP contribution in [0, 0.1) is 6.92 Å². The minimum Gasteiger partial charge on any atom is -0.289 e. The highest BCUT2D eigenvalue weighted by molar-refractivity contribution is 8.18. The zero-order valence-electron chi connectivity index (χ0n) is 12.1. The number of aromatic nitrogens is 2. The van der Waals surface area contributed by atoms with E-state index in [4.69, 9.17) is 23.2 Å². The first-order chi connectivity index (χ1) is 11.0. The summed E-state index contributed by atoms with van der Waals surface area (Å²) < 4.78 is 0. The van der Waals surface area contributed by atoms with Crippen LogP contribution in [0.3, 0.4) is 0 Å². The highest BCUT2D eigenvalue weighted by Gasteiger charge is 2.31. The fourth-order valence-corrected chi connectivity index (χ4v) is 3.92. The molecule has 9 heteroatoms. The van der Waals surface area contributed by atoms with Crippen molar-refractivity contribution in [3.05, 3.63) is 43.7 Å². The van der Waals surface area contributed by atoms with Gasteiger partial charge in [-0.25, -0.2) is 0 Å². The number of amidine groups is 1. The molecule has 23 heavy (non-hydrogen) atoms. The lowest BCUT2D eigenvalue weighted by Crippen LogP contribution is -2.23. The fourth-order valence-electron chi connectivity index (χ4n) is 1.84. The smallest absolute Gasteiger partial charge is 0.266 e. The van der Waals surface area contributed by atoms with Crippen LogP contribution in [0.25, 0.3) is 6.08 Å². The number of aryl methyl sites for hydroxylation is 1. The van der Waals surface area contributed by atoms with E-state index in [1.807, 2.05) is 6.92 Å². The zero-order chi connectivity index (χ0) is 16.6. The molecule has 0 bridgehead atoms. The third-order valence-electron chi connectivity index (χ3n) is 2.99. The molecular weight excluding hydrogens is 375 g/mol. The van der Waals surface area contributed by atoms with Crippen molar-refractivity contribution >= 4 is 68.6 Å². The van der Waals surface area contributed by atoms with E-state index in [9.17, 15) is 4.79 Å². The quantitative estimate of drug-likeness (QED) is 0.720. The van der Waals surface area contributed by atoms with Gasteiger partial charge in [-0.05, 0) is 36.9 Å². The van der Waals surface area contributed by atoms with Crippen molar-refractivity contribution in [2.75, 3.05) is 7.05 Å². The Morgan fingerprint density at radius 3 is 2.57 bits per heavy atom. The summed E-state index contributed by atoms with van der Waals surface area (Å²) in [5.41, 5.74) is 0.619. The standard InChI is InChI=1S/C14H10Cl2N4OS2/c1-7-18-19-13(22-7)17-14-20(2)12(21)11(23-14)6-8-9(15)4-3-5-10(8)16/h3-6H,1-2H3/b11-6-,17-14+. The summed E-state index contributed by atoms with van der Waals surface area (Å²) in [6.45, 7) is 1.85. The number of hydrogen-bond donors (Lipinski definition) is 0. The van der Waals surface area contributed by atoms with Crippen LogP contribution >= 0.6 is 46.3 Å². The molecule has 0 unspecified atom stereocenters. The topological polar surface area (TPSA) is 58.5 Å². The summed E-state index contributed by atoms with van der Waals surface area (Å²) in [5.74, 6) is -0.161. The van der Waals surface area contributed by atoms with Gasteiger partial charge in [-0.1, -0.05) is 40.6 Å². The molecule has 5 nitrogen and oxygen atoms in total. The third kappa shape index (κ3) is 3.42. The number of nitrogens with zero attached hydrogens (tertiary/aromatic N) is 4. The van der Waals surface area contributed by atoms with E-state index in [0.717, 1.165) is 5.01 Å². The van der Waals surface area contributed by atoms with Gasteiger partial charge in [0.25, 0.3) is 5.91 Å². The summed E-state index contributed by atoms with van der Waals surface area (Å²) in [5, 5.41) is 10.7. The number of thioether (sulfide) groups is 1. The van der Waals surface area contributed by atoms with Gasteiger partial charge in [0, 0.05) is 22.7 Å². The summed E-state index contributed by atoms with van der Waals surface area (Å²) in [7, 11) is 1.66. The van der Waals surface area contributed by atoms with E-state index in [1.54, 1.807) is 31.3 Å². The maximum absolute atomic E-state index is 12.4. The molecule has 0 radical (unpaired) electrons. The largest absolute Gasteiger partial charge is 0.289 e. The molecule has 0 saturated carbocycles. The van der Waals surface area contributed by atoms with Crippen molar-refractivity contribution in [2.24, 2.45) is 4.99 Å². The monoisotopic (exact) mass is 384 g/mol. The molecule has 0 aliphatic carbocycles. The van der Waals surface area contributed by atoms with Gasteiger partial charge in [-0.15, -0.1) is 10.2 Å². The number of halogens is 2. The van der Waals surface area contributed by atoms with E-state index < -0.39 is 0 Å². The molecule has 2 aromatic rings. The highest BCUT2D eigenvalue weighted by atomic mass is 35.5. The van der Waals surface area contributed by atoms with Gasteiger partial charge in [0.1, 0.15) is 5.01 Å². The van der Waals surface area contributed by atoms with E-state index in [1.165, 1.54) is 28.0 Å². The Labute approximate surface area is 151 Å². The van der Waals surface area contributed by atoms with Crippen molar-refractivity contribution in [1.29, 1.82) is 0 Å². The fraction of sp³-hybridized carbons (Fsp3) is 0.143. The molecule has 1 amide bonds. The molecule has 118 valence electrons. The minimum atomic E-state index is -0.161. The molecule has 2 heterocycles. The lowest BCUT2D eigenvalue weighted by molar-refractivity contribution is -0.121. The van der Waals surface area contributed by atoms with Crippen molar-refractivity contribution in [3.8, 4) is 0 Å². The van der Waals surface area contributed by atoms with Crippen molar-refractivity contribution < 1.29 is 4.79 Å². The lowest BCUT2D eigenvalue weighted by atomic mass is 10.2. The van der Waals surface area contributed by atoms with Crippen LogP contribution in [0.1, 0.15) is 10.6 Å². The first-order valence-corrected chi connectivity index (χ1v) is 8.85. The molecule has 1 aromatic heterocycles. The second kappa shape index (κ2) is 6.60. The Kier molecular flexibility index (Phi) is 4.72. The molecule has 0 spiro atoms. The number of carbonyl (C=O) groups excluding carboxylic acids is 1.